The zero-order chi connectivity index (χ0) is 26.0. The highest BCUT2D eigenvalue weighted by molar-refractivity contribution is 5.85. The maximum Gasteiger partial charge on any atom is 0.173 e. The van der Waals surface area contributed by atoms with Gasteiger partial charge in [-0.1, -0.05) is 91.0 Å². The van der Waals surface area contributed by atoms with Crippen LogP contribution in [-0.2, 0) is 0 Å². The normalized spacial score (nSPS) is 11.1. The molecule has 0 heterocycles. The minimum absolute atomic E-state index is 0.566. The van der Waals surface area contributed by atoms with Crippen LogP contribution < -0.4 is 14.2 Å². The molecule has 7 aromatic carbocycles. The predicted molar refractivity (Wildman–Crippen MR) is 159 cm³/mol. The van der Waals surface area contributed by atoms with Gasteiger partial charge in [0.1, 0.15) is 23.0 Å². The predicted octanol–water partition coefficient (Wildman–Crippen LogP) is 10.5. The second-order valence-electron chi connectivity index (χ2n) is 9.44. The van der Waals surface area contributed by atoms with Crippen LogP contribution in [0.1, 0.15) is 0 Å². The SMILES string of the molecule is c1ccc2cc(Oc3ccc(Oc4ccc5ccccc5c4)c(Oc4ccc5ccccc5c4)c3)ccc2c1. The van der Waals surface area contributed by atoms with Crippen LogP contribution in [0.15, 0.2) is 146 Å². The van der Waals surface area contributed by atoms with Crippen LogP contribution >= 0.6 is 0 Å². The Morgan fingerprint density at radius 3 is 1.10 bits per heavy atom. The fourth-order valence-electron chi connectivity index (χ4n) is 4.80. The third kappa shape index (κ3) is 4.86. The van der Waals surface area contributed by atoms with E-state index in [9.17, 15) is 0 Å². The molecular formula is C36H24O3. The lowest BCUT2D eigenvalue weighted by Gasteiger charge is -2.15. The fraction of sp³-hybridized carbons (Fsp3) is 0. The maximum absolute atomic E-state index is 6.42. The molecule has 0 atom stereocenters. The number of rotatable bonds is 6. The number of ether oxygens (including phenoxy) is 3. The molecule has 7 rings (SSSR count). The molecular weight excluding hydrogens is 480 g/mol. The summed E-state index contributed by atoms with van der Waals surface area (Å²) in [5, 5.41) is 6.84. The number of hydrogen-bond acceptors (Lipinski definition) is 3. The quantitative estimate of drug-likeness (QED) is 0.225. The zero-order valence-corrected chi connectivity index (χ0v) is 21.1. The number of benzene rings is 7. The highest BCUT2D eigenvalue weighted by Crippen LogP contribution is 2.40. The van der Waals surface area contributed by atoms with E-state index < -0.39 is 0 Å². The fourth-order valence-corrected chi connectivity index (χ4v) is 4.80. The molecule has 0 spiro atoms. The second-order valence-corrected chi connectivity index (χ2v) is 9.44. The Balaban J connectivity index is 1.25. The molecule has 0 amide bonds. The van der Waals surface area contributed by atoms with Gasteiger partial charge >= 0.3 is 0 Å². The van der Waals surface area contributed by atoms with Crippen molar-refractivity contribution in [2.45, 2.75) is 0 Å². The highest BCUT2D eigenvalue weighted by Gasteiger charge is 2.12. The summed E-state index contributed by atoms with van der Waals surface area (Å²) < 4.78 is 19.0. The van der Waals surface area contributed by atoms with E-state index in [0.29, 0.717) is 17.2 Å². The monoisotopic (exact) mass is 504 g/mol. The third-order valence-electron chi connectivity index (χ3n) is 6.77. The summed E-state index contributed by atoms with van der Waals surface area (Å²) in [6, 6.07) is 48.6. The van der Waals surface area contributed by atoms with Crippen LogP contribution in [0.2, 0.25) is 0 Å². The average Bonchev–Trinajstić information content (AvgIpc) is 2.98. The van der Waals surface area contributed by atoms with Gasteiger partial charge in [-0.05, 0) is 80.8 Å². The first-order valence-electron chi connectivity index (χ1n) is 12.9. The van der Waals surface area contributed by atoms with Crippen molar-refractivity contribution in [3.05, 3.63) is 146 Å². The van der Waals surface area contributed by atoms with Gasteiger partial charge in [-0.2, -0.15) is 0 Å². The molecule has 0 saturated heterocycles. The first kappa shape index (κ1) is 22.9. The van der Waals surface area contributed by atoms with E-state index in [1.54, 1.807) is 0 Å². The minimum atomic E-state index is 0.566. The molecule has 3 nitrogen and oxygen atoms in total. The van der Waals surface area contributed by atoms with Gasteiger partial charge in [0.2, 0.25) is 0 Å². The van der Waals surface area contributed by atoms with Crippen LogP contribution in [0.25, 0.3) is 32.3 Å². The lowest BCUT2D eigenvalue weighted by Crippen LogP contribution is -1.93. The van der Waals surface area contributed by atoms with Crippen LogP contribution in [0.5, 0.6) is 34.5 Å². The first-order chi connectivity index (χ1) is 19.3. The van der Waals surface area contributed by atoms with Gasteiger partial charge in [0, 0.05) is 6.07 Å². The molecule has 0 aromatic heterocycles. The maximum atomic E-state index is 6.42. The number of hydrogen-bond donors (Lipinski definition) is 0. The lowest BCUT2D eigenvalue weighted by molar-refractivity contribution is 0.412. The van der Waals surface area contributed by atoms with Crippen LogP contribution in [0.4, 0.5) is 0 Å². The van der Waals surface area contributed by atoms with Crippen molar-refractivity contribution in [1.29, 1.82) is 0 Å². The molecule has 3 heteroatoms. The van der Waals surface area contributed by atoms with Crippen molar-refractivity contribution in [2.75, 3.05) is 0 Å². The number of fused-ring (bicyclic) bond motifs is 3. The summed E-state index contributed by atoms with van der Waals surface area (Å²) in [5.74, 6) is 4.04. The van der Waals surface area contributed by atoms with Crippen molar-refractivity contribution in [2.24, 2.45) is 0 Å². The first-order valence-corrected chi connectivity index (χ1v) is 12.9. The Morgan fingerprint density at radius 2 is 0.615 bits per heavy atom. The summed E-state index contributed by atoms with van der Waals surface area (Å²) >= 11 is 0. The minimum Gasteiger partial charge on any atom is -0.457 e. The molecule has 0 saturated carbocycles. The molecule has 0 aliphatic heterocycles. The Labute approximate surface area is 226 Å². The van der Waals surface area contributed by atoms with E-state index in [0.717, 1.165) is 44.2 Å². The van der Waals surface area contributed by atoms with Crippen molar-refractivity contribution in [3.63, 3.8) is 0 Å². The van der Waals surface area contributed by atoms with Crippen molar-refractivity contribution < 1.29 is 14.2 Å². The second kappa shape index (κ2) is 9.88. The molecule has 39 heavy (non-hydrogen) atoms. The van der Waals surface area contributed by atoms with Gasteiger partial charge in [0.25, 0.3) is 0 Å². The largest absolute Gasteiger partial charge is 0.457 e. The topological polar surface area (TPSA) is 27.7 Å². The summed E-state index contributed by atoms with van der Waals surface area (Å²) in [4.78, 5) is 0. The van der Waals surface area contributed by atoms with E-state index in [1.807, 2.05) is 91.0 Å². The zero-order valence-electron chi connectivity index (χ0n) is 21.1. The summed E-state index contributed by atoms with van der Waals surface area (Å²) in [6.07, 6.45) is 0. The molecule has 0 fully saturated rings. The molecule has 186 valence electrons. The third-order valence-corrected chi connectivity index (χ3v) is 6.77. The van der Waals surface area contributed by atoms with Crippen molar-refractivity contribution in [3.8, 4) is 34.5 Å². The highest BCUT2D eigenvalue weighted by atomic mass is 16.5. The smallest absolute Gasteiger partial charge is 0.173 e. The van der Waals surface area contributed by atoms with E-state index in [2.05, 4.69) is 54.6 Å². The van der Waals surface area contributed by atoms with Gasteiger partial charge < -0.3 is 14.2 Å². The summed E-state index contributed by atoms with van der Waals surface area (Å²) in [7, 11) is 0. The van der Waals surface area contributed by atoms with E-state index in [1.165, 1.54) is 5.39 Å². The standard InChI is InChI=1S/C36H24O3/c1-4-10-28-21-31(16-13-25(28)7-1)37-34-19-20-35(38-32-17-14-26-8-2-5-11-29(26)22-32)36(24-34)39-33-18-15-27-9-3-6-12-30(27)23-33/h1-24H. The molecule has 0 aliphatic carbocycles. The Hall–Kier alpha value is -5.28. The molecule has 0 bridgehead atoms. The molecule has 0 aliphatic rings. The van der Waals surface area contributed by atoms with E-state index in [-0.39, 0.29) is 0 Å². The molecule has 7 aromatic rings. The van der Waals surface area contributed by atoms with E-state index >= 15 is 0 Å². The average molecular weight is 505 g/mol. The Kier molecular flexibility index (Phi) is 5.80. The van der Waals surface area contributed by atoms with Crippen LogP contribution in [-0.4, -0.2) is 0 Å². The van der Waals surface area contributed by atoms with Crippen molar-refractivity contribution in [1.82, 2.24) is 0 Å². The van der Waals surface area contributed by atoms with Gasteiger partial charge in [-0.25, -0.2) is 0 Å². The Bertz CT molecular complexity index is 1960. The summed E-state index contributed by atoms with van der Waals surface area (Å²) in [6.45, 7) is 0. The van der Waals surface area contributed by atoms with Crippen LogP contribution in [0.3, 0.4) is 0 Å². The molecule has 0 N–H and O–H groups in total. The summed E-state index contributed by atoms with van der Waals surface area (Å²) in [5.41, 5.74) is 0. The van der Waals surface area contributed by atoms with Gasteiger partial charge in [-0.3, -0.25) is 0 Å². The van der Waals surface area contributed by atoms with Gasteiger partial charge in [0.05, 0.1) is 0 Å². The Morgan fingerprint density at radius 1 is 0.256 bits per heavy atom. The van der Waals surface area contributed by atoms with Gasteiger partial charge in [-0.15, -0.1) is 0 Å². The lowest BCUT2D eigenvalue weighted by atomic mass is 10.1. The van der Waals surface area contributed by atoms with Gasteiger partial charge in [0.15, 0.2) is 11.5 Å². The molecule has 0 radical (unpaired) electrons. The van der Waals surface area contributed by atoms with Crippen molar-refractivity contribution >= 4 is 32.3 Å². The van der Waals surface area contributed by atoms with Crippen LogP contribution in [0, 0.1) is 0 Å². The molecule has 0 unspecified atom stereocenters. The van der Waals surface area contributed by atoms with E-state index in [4.69, 9.17) is 14.2 Å².